The third-order valence-electron chi connectivity index (χ3n) is 1.91. The molecule has 1 heterocycles. The Bertz CT molecular complexity index is 425. The van der Waals surface area contributed by atoms with Gasteiger partial charge in [0, 0.05) is 5.38 Å². The van der Waals surface area contributed by atoms with Gasteiger partial charge in [-0.3, -0.25) is 0 Å². The lowest BCUT2D eigenvalue weighted by Crippen LogP contribution is -2.40. The molecule has 0 unspecified atom stereocenters. The summed E-state index contributed by atoms with van der Waals surface area (Å²) in [4.78, 5) is 28.7. The summed E-state index contributed by atoms with van der Waals surface area (Å²) in [7, 11) is 0. The third-order valence-corrected chi connectivity index (χ3v) is 2.54. The molecule has 0 aliphatic heterocycles. The zero-order valence-corrected chi connectivity index (χ0v) is 12.3. The monoisotopic (exact) mass is 286 g/mol. The van der Waals surface area contributed by atoms with Crippen LogP contribution in [0.15, 0.2) is 10.9 Å². The van der Waals surface area contributed by atoms with Gasteiger partial charge in [-0.2, -0.15) is 0 Å². The molecular weight excluding hydrogens is 268 g/mol. The number of thiazole rings is 1. The van der Waals surface area contributed by atoms with E-state index < -0.39 is 17.8 Å². The Morgan fingerprint density at radius 3 is 2.53 bits per heavy atom. The number of ether oxygens (including phenoxy) is 2. The Morgan fingerprint density at radius 2 is 2.05 bits per heavy atom. The molecule has 1 aromatic heterocycles. The summed E-state index contributed by atoms with van der Waals surface area (Å²) in [6, 6.07) is 0. The van der Waals surface area contributed by atoms with Gasteiger partial charge in [0.15, 0.2) is 0 Å². The fourth-order valence-electron chi connectivity index (χ4n) is 1.20. The molecule has 0 bridgehead atoms. The first-order chi connectivity index (χ1) is 8.83. The van der Waals surface area contributed by atoms with Crippen LogP contribution in [0.1, 0.15) is 33.4 Å². The molecule has 0 spiro atoms. The number of amides is 2. The van der Waals surface area contributed by atoms with Crippen LogP contribution in [0.3, 0.4) is 0 Å². The van der Waals surface area contributed by atoms with E-state index in [1.807, 2.05) is 0 Å². The Balaban J connectivity index is 2.79. The molecule has 0 atom stereocenters. The molecule has 0 fully saturated rings. The Kier molecular flexibility index (Phi) is 5.29. The molecule has 7 heteroatoms. The minimum atomic E-state index is -0.737. The summed E-state index contributed by atoms with van der Waals surface area (Å²) in [6.07, 6.45) is -1.47. The SMILES string of the molecule is CCOC(=O)N(Cc1cscn1)C(=O)OC(C)(C)C. The first-order valence-corrected chi connectivity index (χ1v) is 6.82. The first kappa shape index (κ1) is 15.4. The molecule has 0 N–H and O–H groups in total. The smallest absolute Gasteiger partial charge is 0.420 e. The second kappa shape index (κ2) is 6.51. The minimum Gasteiger partial charge on any atom is -0.449 e. The van der Waals surface area contributed by atoms with Crippen LogP contribution in [-0.2, 0) is 16.0 Å². The highest BCUT2D eigenvalue weighted by Gasteiger charge is 2.28. The number of aromatic nitrogens is 1. The van der Waals surface area contributed by atoms with E-state index in [1.165, 1.54) is 11.3 Å². The van der Waals surface area contributed by atoms with Crippen LogP contribution in [-0.4, -0.2) is 34.3 Å². The number of carbonyl (C=O) groups excluding carboxylic acids is 2. The van der Waals surface area contributed by atoms with Crippen molar-refractivity contribution in [1.29, 1.82) is 0 Å². The van der Waals surface area contributed by atoms with Crippen molar-refractivity contribution in [2.75, 3.05) is 6.61 Å². The lowest BCUT2D eigenvalue weighted by Gasteiger charge is -2.25. The van der Waals surface area contributed by atoms with Gasteiger partial charge < -0.3 is 9.47 Å². The number of rotatable bonds is 3. The molecule has 0 saturated carbocycles. The fraction of sp³-hybridized carbons (Fsp3) is 0.583. The molecule has 0 aromatic carbocycles. The summed E-state index contributed by atoms with van der Waals surface area (Å²) in [5.74, 6) is 0. The van der Waals surface area contributed by atoms with Gasteiger partial charge in [-0.1, -0.05) is 0 Å². The molecule has 0 radical (unpaired) electrons. The molecule has 0 aliphatic rings. The molecular formula is C12H18N2O4S. The number of nitrogens with zero attached hydrogens (tertiary/aromatic N) is 2. The number of imide groups is 1. The maximum absolute atomic E-state index is 12.0. The summed E-state index contributed by atoms with van der Waals surface area (Å²) in [5.41, 5.74) is 1.57. The van der Waals surface area contributed by atoms with E-state index in [-0.39, 0.29) is 13.2 Å². The van der Waals surface area contributed by atoms with Crippen molar-refractivity contribution in [3.63, 3.8) is 0 Å². The highest BCUT2D eigenvalue weighted by molar-refractivity contribution is 7.07. The van der Waals surface area contributed by atoms with Crippen molar-refractivity contribution >= 4 is 23.5 Å². The van der Waals surface area contributed by atoms with Crippen molar-refractivity contribution in [2.45, 2.75) is 39.8 Å². The van der Waals surface area contributed by atoms with Crippen molar-refractivity contribution in [3.8, 4) is 0 Å². The Hall–Kier alpha value is -1.63. The molecule has 0 saturated heterocycles. The molecule has 19 heavy (non-hydrogen) atoms. The van der Waals surface area contributed by atoms with E-state index in [2.05, 4.69) is 4.98 Å². The first-order valence-electron chi connectivity index (χ1n) is 5.88. The number of carbonyl (C=O) groups is 2. The summed E-state index contributed by atoms with van der Waals surface area (Å²) in [6.45, 7) is 7.10. The van der Waals surface area contributed by atoms with Gasteiger partial charge in [-0.15, -0.1) is 11.3 Å². The van der Waals surface area contributed by atoms with Crippen molar-refractivity contribution in [2.24, 2.45) is 0 Å². The van der Waals surface area contributed by atoms with E-state index in [0.29, 0.717) is 5.69 Å². The topological polar surface area (TPSA) is 68.7 Å². The van der Waals surface area contributed by atoms with Gasteiger partial charge in [0.05, 0.1) is 24.4 Å². The van der Waals surface area contributed by atoms with Crippen molar-refractivity contribution < 1.29 is 19.1 Å². The van der Waals surface area contributed by atoms with Crippen molar-refractivity contribution in [3.05, 3.63) is 16.6 Å². The highest BCUT2D eigenvalue weighted by Crippen LogP contribution is 2.14. The molecule has 1 rings (SSSR count). The highest BCUT2D eigenvalue weighted by atomic mass is 32.1. The van der Waals surface area contributed by atoms with Gasteiger partial charge in [0.25, 0.3) is 0 Å². The Labute approximate surface area is 116 Å². The van der Waals surface area contributed by atoms with Gasteiger partial charge in [0.1, 0.15) is 5.60 Å². The fourth-order valence-corrected chi connectivity index (χ4v) is 1.75. The quantitative estimate of drug-likeness (QED) is 0.854. The second-order valence-corrected chi connectivity index (χ2v) is 5.46. The molecule has 1 aromatic rings. The third kappa shape index (κ3) is 5.25. The summed E-state index contributed by atoms with van der Waals surface area (Å²) < 4.78 is 10.0. The Morgan fingerprint density at radius 1 is 1.37 bits per heavy atom. The van der Waals surface area contributed by atoms with Crippen LogP contribution in [0.5, 0.6) is 0 Å². The van der Waals surface area contributed by atoms with Crippen LogP contribution in [0, 0.1) is 0 Å². The number of hydrogen-bond donors (Lipinski definition) is 0. The van der Waals surface area contributed by atoms with Gasteiger partial charge in [-0.05, 0) is 27.7 Å². The van der Waals surface area contributed by atoms with Gasteiger partial charge >= 0.3 is 12.2 Å². The predicted molar refractivity (Wildman–Crippen MR) is 70.9 cm³/mol. The van der Waals surface area contributed by atoms with Crippen LogP contribution < -0.4 is 0 Å². The normalized spacial score (nSPS) is 10.9. The summed E-state index contributed by atoms with van der Waals surface area (Å²) >= 11 is 1.39. The average molecular weight is 286 g/mol. The number of hydrogen-bond acceptors (Lipinski definition) is 6. The van der Waals surface area contributed by atoms with E-state index in [9.17, 15) is 9.59 Å². The molecule has 6 nitrogen and oxygen atoms in total. The maximum Gasteiger partial charge on any atom is 0.420 e. The van der Waals surface area contributed by atoms with Crippen LogP contribution in [0.4, 0.5) is 9.59 Å². The van der Waals surface area contributed by atoms with Gasteiger partial charge in [0.2, 0.25) is 0 Å². The molecule has 0 aliphatic carbocycles. The van der Waals surface area contributed by atoms with Crippen LogP contribution in [0.25, 0.3) is 0 Å². The zero-order valence-electron chi connectivity index (χ0n) is 11.5. The zero-order chi connectivity index (χ0) is 14.5. The maximum atomic E-state index is 12.0. The molecule has 2 amide bonds. The van der Waals surface area contributed by atoms with E-state index in [1.54, 1.807) is 38.6 Å². The van der Waals surface area contributed by atoms with Crippen LogP contribution in [0.2, 0.25) is 0 Å². The predicted octanol–water partition coefficient (Wildman–Crippen LogP) is 3.04. The lowest BCUT2D eigenvalue weighted by atomic mass is 10.2. The minimum absolute atomic E-state index is 0.0389. The van der Waals surface area contributed by atoms with E-state index >= 15 is 0 Å². The summed E-state index contributed by atoms with van der Waals surface area (Å²) in [5, 5.41) is 1.76. The van der Waals surface area contributed by atoms with E-state index in [0.717, 1.165) is 4.90 Å². The standard InChI is InChI=1S/C12H18N2O4S/c1-5-17-10(15)14(6-9-7-19-8-13-9)11(16)18-12(2,3)4/h7-8H,5-6H2,1-4H3. The average Bonchev–Trinajstić information content (AvgIpc) is 2.76. The van der Waals surface area contributed by atoms with Crippen LogP contribution >= 0.6 is 11.3 Å². The van der Waals surface area contributed by atoms with Gasteiger partial charge in [-0.25, -0.2) is 19.5 Å². The largest absolute Gasteiger partial charge is 0.449 e. The molecule has 106 valence electrons. The second-order valence-electron chi connectivity index (χ2n) is 4.75. The van der Waals surface area contributed by atoms with E-state index in [4.69, 9.17) is 9.47 Å². The van der Waals surface area contributed by atoms with Crippen molar-refractivity contribution in [1.82, 2.24) is 9.88 Å². The lowest BCUT2D eigenvalue weighted by molar-refractivity contribution is 0.0208.